The summed E-state index contributed by atoms with van der Waals surface area (Å²) in [6, 6.07) is 0. The van der Waals surface area contributed by atoms with Crippen molar-refractivity contribution in [2.24, 2.45) is 29.1 Å². The third-order valence-corrected chi connectivity index (χ3v) is 9.38. The zero-order chi connectivity index (χ0) is 23.3. The average molecular weight is 445 g/mol. The molecule has 3 fully saturated rings. The average Bonchev–Trinajstić information content (AvgIpc) is 3.13. The summed E-state index contributed by atoms with van der Waals surface area (Å²) in [5, 5.41) is 29.8. The van der Waals surface area contributed by atoms with Gasteiger partial charge in [0.15, 0.2) is 0 Å². The molecule has 0 spiro atoms. The molecule has 0 aromatic rings. The first-order chi connectivity index (χ1) is 15.3. The second kappa shape index (κ2) is 11.5. The van der Waals surface area contributed by atoms with Crippen molar-refractivity contribution < 1.29 is 15.3 Å². The van der Waals surface area contributed by atoms with Crippen LogP contribution in [0, 0.1) is 29.1 Å². The number of unbranched alkanes of at least 4 members (excludes halogenated alkanes) is 1. The summed E-state index contributed by atoms with van der Waals surface area (Å²) in [5.74, 6) is 2.89. The third-order valence-electron chi connectivity index (χ3n) is 9.38. The Morgan fingerprint density at radius 3 is 2.44 bits per heavy atom. The molecular formula is C29H48O3. The van der Waals surface area contributed by atoms with Crippen LogP contribution in [0.1, 0.15) is 97.8 Å². The van der Waals surface area contributed by atoms with Gasteiger partial charge in [-0.3, -0.25) is 0 Å². The van der Waals surface area contributed by atoms with Crippen LogP contribution in [-0.4, -0.2) is 34.1 Å². The summed E-state index contributed by atoms with van der Waals surface area (Å²) in [7, 11) is 0. The van der Waals surface area contributed by atoms with E-state index in [1.54, 1.807) is 5.57 Å². The molecule has 3 aliphatic carbocycles. The van der Waals surface area contributed by atoms with Crippen molar-refractivity contribution in [3.63, 3.8) is 0 Å². The minimum absolute atomic E-state index is 0.318. The molecule has 1 unspecified atom stereocenters. The Balaban J connectivity index is 1.74. The van der Waals surface area contributed by atoms with Gasteiger partial charge in [-0.2, -0.15) is 0 Å². The lowest BCUT2D eigenvalue weighted by Gasteiger charge is -2.46. The second-order valence-corrected chi connectivity index (χ2v) is 11.3. The number of rotatable bonds is 9. The largest absolute Gasteiger partial charge is 0.396 e. The van der Waals surface area contributed by atoms with Gasteiger partial charge >= 0.3 is 0 Å². The Morgan fingerprint density at radius 2 is 1.78 bits per heavy atom. The summed E-state index contributed by atoms with van der Waals surface area (Å²) in [5.41, 5.74) is 3.68. The van der Waals surface area contributed by atoms with Gasteiger partial charge in [-0.05, 0) is 92.4 Å². The van der Waals surface area contributed by atoms with Gasteiger partial charge in [-0.15, -0.1) is 0 Å². The number of allylic oxidation sites excluding steroid dienone is 3. The van der Waals surface area contributed by atoms with E-state index < -0.39 is 12.2 Å². The van der Waals surface area contributed by atoms with Crippen molar-refractivity contribution >= 4 is 0 Å². The van der Waals surface area contributed by atoms with Crippen molar-refractivity contribution in [2.75, 3.05) is 6.61 Å². The number of hydrogen-bond acceptors (Lipinski definition) is 3. The first-order valence-electron chi connectivity index (χ1n) is 13.4. The zero-order valence-electron chi connectivity index (χ0n) is 20.9. The van der Waals surface area contributed by atoms with Crippen LogP contribution in [0.4, 0.5) is 0 Å². The first kappa shape index (κ1) is 25.7. The van der Waals surface area contributed by atoms with E-state index in [2.05, 4.69) is 39.5 Å². The molecule has 0 heterocycles. The fourth-order valence-corrected chi connectivity index (χ4v) is 7.39. The standard InChI is InChI=1S/C29H48O3/c1-5-6-9-23(11-8-17-30)20(2)25-14-15-26-24(10-7-16-29(25,26)4)13-12-22-18-27(31)21(3)28(32)19-22/h12-13,20,23,25-28,30-32H,3,5-11,14-19H2,1-2,4H3/b24-13+/t20-,23+,25-,26?,27-,28-,29-/m1/s1. The summed E-state index contributed by atoms with van der Waals surface area (Å²) in [4.78, 5) is 0. The van der Waals surface area contributed by atoms with Gasteiger partial charge in [-0.1, -0.05) is 69.9 Å². The van der Waals surface area contributed by atoms with Gasteiger partial charge in [0.25, 0.3) is 0 Å². The van der Waals surface area contributed by atoms with E-state index in [0.29, 0.717) is 36.4 Å². The molecule has 0 bridgehead atoms. The number of hydrogen-bond donors (Lipinski definition) is 3. The second-order valence-electron chi connectivity index (χ2n) is 11.3. The molecular weight excluding hydrogens is 396 g/mol. The lowest BCUT2D eigenvalue weighted by Crippen LogP contribution is -2.38. The maximum absolute atomic E-state index is 10.2. The molecule has 3 aliphatic rings. The maximum Gasteiger partial charge on any atom is 0.0809 e. The lowest BCUT2D eigenvalue weighted by molar-refractivity contribution is 0.0650. The fourth-order valence-electron chi connectivity index (χ4n) is 7.39. The summed E-state index contributed by atoms with van der Waals surface area (Å²) in [6.45, 7) is 11.5. The molecule has 7 atom stereocenters. The topological polar surface area (TPSA) is 60.7 Å². The highest BCUT2D eigenvalue weighted by atomic mass is 16.3. The van der Waals surface area contributed by atoms with Gasteiger partial charge in [0, 0.05) is 6.61 Å². The zero-order valence-corrected chi connectivity index (χ0v) is 20.9. The smallest absolute Gasteiger partial charge is 0.0809 e. The first-order valence-corrected chi connectivity index (χ1v) is 13.4. The number of aliphatic hydroxyl groups excluding tert-OH is 3. The monoisotopic (exact) mass is 444 g/mol. The molecule has 0 radical (unpaired) electrons. The van der Waals surface area contributed by atoms with Crippen molar-refractivity contribution in [1.82, 2.24) is 0 Å². The van der Waals surface area contributed by atoms with E-state index in [-0.39, 0.29) is 0 Å². The molecule has 3 nitrogen and oxygen atoms in total. The van der Waals surface area contributed by atoms with Crippen LogP contribution in [0.2, 0.25) is 0 Å². The van der Waals surface area contributed by atoms with Crippen molar-refractivity contribution in [2.45, 2.75) is 110 Å². The van der Waals surface area contributed by atoms with Crippen molar-refractivity contribution in [3.8, 4) is 0 Å². The Hall–Kier alpha value is -0.900. The molecule has 32 heavy (non-hydrogen) atoms. The van der Waals surface area contributed by atoms with Gasteiger partial charge in [-0.25, -0.2) is 0 Å². The van der Waals surface area contributed by atoms with Crippen molar-refractivity contribution in [1.29, 1.82) is 0 Å². The molecule has 3 N–H and O–H groups in total. The van der Waals surface area contributed by atoms with Crippen LogP contribution in [0.3, 0.4) is 0 Å². The van der Waals surface area contributed by atoms with Gasteiger partial charge < -0.3 is 15.3 Å². The van der Waals surface area contributed by atoms with E-state index in [9.17, 15) is 15.3 Å². The fraction of sp³-hybridized carbons (Fsp3) is 0.793. The lowest BCUT2D eigenvalue weighted by atomic mass is 9.59. The summed E-state index contributed by atoms with van der Waals surface area (Å²) < 4.78 is 0. The third kappa shape index (κ3) is 5.59. The Labute approximate surface area is 196 Å². The molecule has 0 aliphatic heterocycles. The van der Waals surface area contributed by atoms with Gasteiger partial charge in [0.1, 0.15) is 0 Å². The Kier molecular flexibility index (Phi) is 9.23. The molecule has 0 saturated heterocycles. The van der Waals surface area contributed by atoms with E-state index in [0.717, 1.165) is 29.7 Å². The van der Waals surface area contributed by atoms with Crippen LogP contribution in [0.15, 0.2) is 35.5 Å². The number of aliphatic hydroxyl groups is 3. The van der Waals surface area contributed by atoms with E-state index in [1.807, 2.05) is 0 Å². The van der Waals surface area contributed by atoms with Crippen LogP contribution in [0.25, 0.3) is 0 Å². The normalized spacial score (nSPS) is 36.2. The highest BCUT2D eigenvalue weighted by Gasteiger charge is 2.51. The van der Waals surface area contributed by atoms with Crippen LogP contribution in [0.5, 0.6) is 0 Å². The predicted molar refractivity (Wildman–Crippen MR) is 133 cm³/mol. The van der Waals surface area contributed by atoms with Gasteiger partial charge in [0.05, 0.1) is 12.2 Å². The van der Waals surface area contributed by atoms with E-state index >= 15 is 0 Å². The molecule has 182 valence electrons. The predicted octanol–water partition coefficient (Wildman–Crippen LogP) is 6.34. The number of fused-ring (bicyclic) bond motifs is 1. The van der Waals surface area contributed by atoms with Crippen LogP contribution < -0.4 is 0 Å². The van der Waals surface area contributed by atoms with Crippen LogP contribution in [-0.2, 0) is 0 Å². The highest BCUT2D eigenvalue weighted by molar-refractivity contribution is 5.29. The Morgan fingerprint density at radius 1 is 1.09 bits per heavy atom. The highest BCUT2D eigenvalue weighted by Crippen LogP contribution is 2.60. The molecule has 0 amide bonds. The van der Waals surface area contributed by atoms with E-state index in [4.69, 9.17) is 0 Å². The molecule has 3 rings (SSSR count). The summed E-state index contributed by atoms with van der Waals surface area (Å²) >= 11 is 0. The quantitative estimate of drug-likeness (QED) is 0.364. The molecule has 3 saturated carbocycles. The van der Waals surface area contributed by atoms with Crippen molar-refractivity contribution in [3.05, 3.63) is 35.5 Å². The summed E-state index contributed by atoms with van der Waals surface area (Å²) in [6.07, 6.45) is 16.9. The maximum atomic E-state index is 10.2. The minimum Gasteiger partial charge on any atom is -0.396 e. The van der Waals surface area contributed by atoms with E-state index in [1.165, 1.54) is 57.8 Å². The van der Waals surface area contributed by atoms with Crippen LogP contribution >= 0.6 is 0 Å². The van der Waals surface area contributed by atoms with Gasteiger partial charge in [0.2, 0.25) is 0 Å². The molecule has 3 heteroatoms. The minimum atomic E-state index is -0.615. The Bertz CT molecular complexity index is 669. The molecule has 0 aromatic carbocycles. The molecule has 0 aromatic heterocycles. The SMILES string of the molecule is C=C1[C@H](O)CC(=C/C=C2\CCC[C@@]3(C)C2CC[C@@H]3[C@H](C)[C@@H](CCCC)CCCO)C[C@H]1O.